The maximum absolute atomic E-state index is 13.6. The summed E-state index contributed by atoms with van der Waals surface area (Å²) in [5.41, 5.74) is 1.21. The van der Waals surface area contributed by atoms with E-state index in [4.69, 9.17) is 4.74 Å². The Morgan fingerprint density at radius 2 is 1.85 bits per heavy atom. The summed E-state index contributed by atoms with van der Waals surface area (Å²) in [4.78, 5) is 13.0. The minimum atomic E-state index is -4.06. The van der Waals surface area contributed by atoms with E-state index in [1.54, 1.807) is 48.2 Å². The molecule has 0 radical (unpaired) electrons. The maximum Gasteiger partial charge on any atom is 0.264 e. The highest BCUT2D eigenvalue weighted by Crippen LogP contribution is 2.33. The normalized spacial score (nSPS) is 11.4. The SMILES string of the molecule is CCOc1ccccc1N(CC(=O)Nc1nnc(SCC(C)C)s1)S(=O)(=O)c1ccc(C)cc1. The number of carbonyl (C=O) groups excluding carboxylic acids is 1. The summed E-state index contributed by atoms with van der Waals surface area (Å²) in [5.74, 6) is 1.23. The number of aryl methyl sites for hydroxylation is 1. The fraction of sp³-hybridized carbons (Fsp3) is 0.348. The van der Waals surface area contributed by atoms with Crippen LogP contribution in [-0.2, 0) is 14.8 Å². The molecule has 0 aliphatic heterocycles. The molecule has 0 unspecified atom stereocenters. The molecule has 0 bridgehead atoms. The van der Waals surface area contributed by atoms with Crippen molar-refractivity contribution in [2.45, 2.75) is 36.9 Å². The zero-order chi connectivity index (χ0) is 24.7. The van der Waals surface area contributed by atoms with E-state index in [2.05, 4.69) is 29.4 Å². The second kappa shape index (κ2) is 11.7. The number of anilines is 2. The van der Waals surface area contributed by atoms with Gasteiger partial charge in [-0.25, -0.2) is 8.42 Å². The molecule has 8 nitrogen and oxygen atoms in total. The molecule has 182 valence electrons. The number of nitrogens with one attached hydrogen (secondary N) is 1. The number of nitrogens with zero attached hydrogens (tertiary/aromatic N) is 3. The van der Waals surface area contributed by atoms with Gasteiger partial charge in [0, 0.05) is 5.75 Å². The quantitative estimate of drug-likeness (QED) is 0.285. The molecular formula is C23H28N4O4S3. The second-order valence-electron chi connectivity index (χ2n) is 7.85. The third-order valence-corrected chi connectivity index (χ3v) is 8.70. The fourth-order valence-electron chi connectivity index (χ4n) is 2.92. The van der Waals surface area contributed by atoms with Crippen LogP contribution in [0.1, 0.15) is 26.3 Å². The van der Waals surface area contributed by atoms with Crippen molar-refractivity contribution in [2.75, 3.05) is 28.5 Å². The Labute approximate surface area is 208 Å². The van der Waals surface area contributed by atoms with Crippen molar-refractivity contribution in [3.05, 3.63) is 54.1 Å². The van der Waals surface area contributed by atoms with Crippen LogP contribution in [0.4, 0.5) is 10.8 Å². The second-order valence-corrected chi connectivity index (χ2v) is 12.0. The van der Waals surface area contributed by atoms with Gasteiger partial charge in [0.25, 0.3) is 10.0 Å². The van der Waals surface area contributed by atoms with Gasteiger partial charge in [0.1, 0.15) is 12.3 Å². The van der Waals surface area contributed by atoms with E-state index >= 15 is 0 Å². The minimum absolute atomic E-state index is 0.0838. The van der Waals surface area contributed by atoms with E-state index in [9.17, 15) is 13.2 Å². The first-order valence-electron chi connectivity index (χ1n) is 10.8. The van der Waals surface area contributed by atoms with Crippen molar-refractivity contribution in [1.82, 2.24) is 10.2 Å². The molecule has 2 aromatic carbocycles. The summed E-state index contributed by atoms with van der Waals surface area (Å²) in [7, 11) is -4.06. The number of hydrogen-bond acceptors (Lipinski definition) is 8. The monoisotopic (exact) mass is 520 g/mol. The van der Waals surface area contributed by atoms with Crippen molar-refractivity contribution in [3.63, 3.8) is 0 Å². The third kappa shape index (κ3) is 6.71. The van der Waals surface area contributed by atoms with Crippen molar-refractivity contribution in [2.24, 2.45) is 5.92 Å². The van der Waals surface area contributed by atoms with Gasteiger partial charge in [-0.3, -0.25) is 14.4 Å². The van der Waals surface area contributed by atoms with Crippen LogP contribution >= 0.6 is 23.1 Å². The summed E-state index contributed by atoms with van der Waals surface area (Å²) in [6, 6.07) is 13.3. The van der Waals surface area contributed by atoms with E-state index in [1.807, 2.05) is 13.8 Å². The zero-order valence-corrected chi connectivity index (χ0v) is 22.0. The van der Waals surface area contributed by atoms with Crippen LogP contribution in [0.3, 0.4) is 0 Å². The topological polar surface area (TPSA) is 101 Å². The minimum Gasteiger partial charge on any atom is -0.492 e. The van der Waals surface area contributed by atoms with Gasteiger partial charge in [-0.1, -0.05) is 66.8 Å². The lowest BCUT2D eigenvalue weighted by Gasteiger charge is -2.25. The molecule has 1 N–H and O–H groups in total. The van der Waals surface area contributed by atoms with Crippen LogP contribution in [0.2, 0.25) is 0 Å². The molecule has 11 heteroatoms. The number of para-hydroxylation sites is 2. The zero-order valence-electron chi connectivity index (χ0n) is 19.5. The van der Waals surface area contributed by atoms with E-state index < -0.39 is 22.5 Å². The van der Waals surface area contributed by atoms with Crippen molar-refractivity contribution >= 4 is 49.8 Å². The highest BCUT2D eigenvalue weighted by molar-refractivity contribution is 8.01. The summed E-state index contributed by atoms with van der Waals surface area (Å²) in [6.45, 7) is 7.81. The van der Waals surface area contributed by atoms with Crippen LogP contribution in [0.5, 0.6) is 5.75 Å². The van der Waals surface area contributed by atoms with Crippen LogP contribution in [0, 0.1) is 12.8 Å². The molecule has 0 saturated carbocycles. The first-order valence-corrected chi connectivity index (χ1v) is 14.0. The van der Waals surface area contributed by atoms with Crippen molar-refractivity contribution in [3.8, 4) is 5.75 Å². The summed E-state index contributed by atoms with van der Waals surface area (Å²) >= 11 is 2.83. The molecule has 1 aromatic heterocycles. The maximum atomic E-state index is 13.6. The van der Waals surface area contributed by atoms with E-state index in [0.717, 1.165) is 20.0 Å². The lowest BCUT2D eigenvalue weighted by Crippen LogP contribution is -2.38. The van der Waals surface area contributed by atoms with Gasteiger partial charge in [0.2, 0.25) is 11.0 Å². The number of sulfonamides is 1. The Balaban J connectivity index is 1.89. The van der Waals surface area contributed by atoms with E-state index in [-0.39, 0.29) is 10.6 Å². The third-order valence-electron chi connectivity index (χ3n) is 4.52. The molecule has 0 aliphatic carbocycles. The first-order chi connectivity index (χ1) is 16.2. The number of hydrogen-bond donors (Lipinski definition) is 1. The Kier molecular flexibility index (Phi) is 8.92. The molecule has 0 spiro atoms. The van der Waals surface area contributed by atoms with Crippen molar-refractivity contribution < 1.29 is 17.9 Å². The number of benzene rings is 2. The summed E-state index contributed by atoms with van der Waals surface area (Å²) in [5, 5.41) is 11.1. The van der Waals surface area contributed by atoms with Gasteiger partial charge in [-0.15, -0.1) is 10.2 Å². The van der Waals surface area contributed by atoms with E-state index in [0.29, 0.717) is 23.4 Å². The standard InChI is InChI=1S/C23H28N4O4S3/c1-5-31-20-9-7-6-8-19(20)27(34(29,30)18-12-10-17(4)11-13-18)14-21(28)24-22-25-26-23(33-22)32-15-16(2)3/h6-13,16H,5,14-15H2,1-4H3,(H,24,25,28). The molecule has 1 amide bonds. The number of amides is 1. The van der Waals surface area contributed by atoms with Crippen LogP contribution in [0.15, 0.2) is 57.8 Å². The van der Waals surface area contributed by atoms with Gasteiger partial charge in [-0.2, -0.15) is 0 Å². The Morgan fingerprint density at radius 1 is 1.15 bits per heavy atom. The molecule has 3 aromatic rings. The Bertz CT molecular complexity index is 1210. The molecule has 3 rings (SSSR count). The average Bonchev–Trinajstić information content (AvgIpc) is 3.24. The van der Waals surface area contributed by atoms with Gasteiger partial charge in [-0.05, 0) is 44.0 Å². The largest absolute Gasteiger partial charge is 0.492 e. The highest BCUT2D eigenvalue weighted by Gasteiger charge is 2.29. The molecule has 0 saturated heterocycles. The predicted octanol–water partition coefficient (Wildman–Crippen LogP) is 4.83. The fourth-order valence-corrected chi connectivity index (χ4v) is 6.10. The number of rotatable bonds is 11. The number of aromatic nitrogens is 2. The number of carbonyl (C=O) groups is 1. The predicted molar refractivity (Wildman–Crippen MR) is 137 cm³/mol. The Hall–Kier alpha value is -2.63. The van der Waals surface area contributed by atoms with Gasteiger partial charge < -0.3 is 4.74 Å². The smallest absolute Gasteiger partial charge is 0.264 e. The molecule has 0 aliphatic rings. The molecule has 34 heavy (non-hydrogen) atoms. The number of ether oxygens (including phenoxy) is 1. The highest BCUT2D eigenvalue weighted by atomic mass is 32.2. The molecule has 0 atom stereocenters. The van der Waals surface area contributed by atoms with E-state index in [1.165, 1.54) is 23.5 Å². The lowest BCUT2D eigenvalue weighted by molar-refractivity contribution is -0.114. The van der Waals surface area contributed by atoms with Gasteiger partial charge >= 0.3 is 0 Å². The van der Waals surface area contributed by atoms with Gasteiger partial charge in [0.05, 0.1) is 17.2 Å². The number of thioether (sulfide) groups is 1. The molecule has 1 heterocycles. The van der Waals surface area contributed by atoms with Gasteiger partial charge in [0.15, 0.2) is 4.34 Å². The summed E-state index contributed by atoms with van der Waals surface area (Å²) in [6.07, 6.45) is 0. The van der Waals surface area contributed by atoms with Crippen LogP contribution in [-0.4, -0.2) is 43.4 Å². The summed E-state index contributed by atoms with van der Waals surface area (Å²) < 4.78 is 34.7. The van der Waals surface area contributed by atoms with Crippen molar-refractivity contribution in [1.29, 1.82) is 0 Å². The van der Waals surface area contributed by atoms with Crippen LogP contribution < -0.4 is 14.4 Å². The van der Waals surface area contributed by atoms with Crippen LogP contribution in [0.25, 0.3) is 0 Å². The lowest BCUT2D eigenvalue weighted by atomic mass is 10.2. The average molecular weight is 521 g/mol. The first kappa shape index (κ1) is 26.0. The molecular weight excluding hydrogens is 492 g/mol. The molecule has 0 fully saturated rings. The Morgan fingerprint density at radius 3 is 2.53 bits per heavy atom.